The predicted octanol–water partition coefficient (Wildman–Crippen LogP) is 4.15. The van der Waals surface area contributed by atoms with Crippen LogP contribution >= 0.6 is 11.8 Å². The zero-order chi connectivity index (χ0) is 16.7. The number of thioether (sulfide) groups is 1. The lowest BCUT2D eigenvalue weighted by Gasteiger charge is -2.15. The Morgan fingerprint density at radius 3 is 2.35 bits per heavy atom. The van der Waals surface area contributed by atoms with E-state index in [9.17, 15) is 9.59 Å². The molecule has 23 heavy (non-hydrogen) atoms. The number of benzene rings is 2. The summed E-state index contributed by atoms with van der Waals surface area (Å²) in [6.07, 6.45) is 0.716. The molecular formula is C18H20N2O2S. The van der Waals surface area contributed by atoms with E-state index >= 15 is 0 Å². The van der Waals surface area contributed by atoms with Gasteiger partial charge in [0.25, 0.3) is 0 Å². The molecule has 4 nitrogen and oxygen atoms in total. The maximum absolute atomic E-state index is 12.4. The summed E-state index contributed by atoms with van der Waals surface area (Å²) < 4.78 is 0. The zero-order valence-corrected chi connectivity index (χ0v) is 14.0. The number of amides is 2. The van der Waals surface area contributed by atoms with Gasteiger partial charge >= 0.3 is 0 Å². The molecule has 2 N–H and O–H groups in total. The average molecular weight is 328 g/mol. The van der Waals surface area contributed by atoms with Gasteiger partial charge in [0.1, 0.15) is 0 Å². The lowest BCUT2D eigenvalue weighted by molar-refractivity contribution is -0.116. The van der Waals surface area contributed by atoms with E-state index in [1.807, 2.05) is 61.5 Å². The molecule has 5 heteroatoms. The summed E-state index contributed by atoms with van der Waals surface area (Å²) in [6.45, 7) is 3.46. The normalized spacial score (nSPS) is 11.6. The summed E-state index contributed by atoms with van der Waals surface area (Å²) in [5.41, 5.74) is 1.53. The minimum absolute atomic E-state index is 0.0198. The van der Waals surface area contributed by atoms with Gasteiger partial charge in [-0.25, -0.2) is 0 Å². The van der Waals surface area contributed by atoms with Crippen LogP contribution in [-0.2, 0) is 9.59 Å². The number of para-hydroxylation sites is 1. The van der Waals surface area contributed by atoms with Gasteiger partial charge in [0.15, 0.2) is 0 Å². The molecule has 0 aromatic heterocycles. The largest absolute Gasteiger partial charge is 0.326 e. The Labute approximate surface area is 140 Å². The first-order valence-electron chi connectivity index (χ1n) is 7.48. The summed E-state index contributed by atoms with van der Waals surface area (Å²) in [4.78, 5) is 24.5. The van der Waals surface area contributed by atoms with Gasteiger partial charge < -0.3 is 10.6 Å². The molecule has 2 aromatic carbocycles. The monoisotopic (exact) mass is 328 g/mol. The average Bonchev–Trinajstić information content (AvgIpc) is 2.53. The summed E-state index contributed by atoms with van der Waals surface area (Å²) in [6, 6.07) is 16.9. The first-order valence-corrected chi connectivity index (χ1v) is 8.36. The van der Waals surface area contributed by atoms with Crippen LogP contribution in [0.1, 0.15) is 20.3 Å². The van der Waals surface area contributed by atoms with E-state index in [1.54, 1.807) is 0 Å². The summed E-state index contributed by atoms with van der Waals surface area (Å²) in [7, 11) is 0. The molecule has 2 rings (SSSR count). The lowest BCUT2D eigenvalue weighted by Crippen LogP contribution is -2.24. The second kappa shape index (κ2) is 8.39. The smallest absolute Gasteiger partial charge is 0.237 e. The second-order valence-electron chi connectivity index (χ2n) is 5.08. The van der Waals surface area contributed by atoms with Gasteiger partial charge in [-0.3, -0.25) is 9.59 Å². The Hall–Kier alpha value is -2.27. The number of carbonyl (C=O) groups is 2. The highest BCUT2D eigenvalue weighted by Gasteiger charge is 2.18. The molecule has 120 valence electrons. The quantitative estimate of drug-likeness (QED) is 0.783. The van der Waals surface area contributed by atoms with Crippen molar-refractivity contribution in [1.29, 1.82) is 0 Å². The van der Waals surface area contributed by atoms with Crippen LogP contribution in [0.3, 0.4) is 0 Å². The SMILES string of the molecule is CCC(Sc1cccc(NC(C)=O)c1)C(=O)Nc1ccccc1. The van der Waals surface area contributed by atoms with Crippen LogP contribution in [-0.4, -0.2) is 17.1 Å². The van der Waals surface area contributed by atoms with Crippen LogP contribution in [0.2, 0.25) is 0 Å². The minimum Gasteiger partial charge on any atom is -0.326 e. The molecule has 0 saturated heterocycles. The fourth-order valence-corrected chi connectivity index (χ4v) is 3.09. The topological polar surface area (TPSA) is 58.2 Å². The summed E-state index contributed by atoms with van der Waals surface area (Å²) in [5, 5.41) is 5.49. The highest BCUT2D eigenvalue weighted by molar-refractivity contribution is 8.00. The lowest BCUT2D eigenvalue weighted by atomic mass is 10.3. The van der Waals surface area contributed by atoms with Crippen molar-refractivity contribution in [1.82, 2.24) is 0 Å². The molecule has 0 aliphatic heterocycles. The minimum atomic E-state index is -0.192. The Morgan fingerprint density at radius 2 is 1.70 bits per heavy atom. The van der Waals surface area contributed by atoms with E-state index in [4.69, 9.17) is 0 Å². The molecule has 0 aliphatic carbocycles. The van der Waals surface area contributed by atoms with E-state index in [2.05, 4.69) is 10.6 Å². The number of carbonyl (C=O) groups excluding carboxylic acids is 2. The molecular weight excluding hydrogens is 308 g/mol. The first-order chi connectivity index (χ1) is 11.1. The molecule has 0 saturated carbocycles. The van der Waals surface area contributed by atoms with E-state index in [-0.39, 0.29) is 17.1 Å². The molecule has 1 atom stereocenters. The van der Waals surface area contributed by atoms with Crippen LogP contribution in [0, 0.1) is 0 Å². The molecule has 0 bridgehead atoms. The number of nitrogens with one attached hydrogen (secondary N) is 2. The van der Waals surface area contributed by atoms with Gasteiger partial charge in [-0.2, -0.15) is 0 Å². The Balaban J connectivity index is 2.04. The maximum atomic E-state index is 12.4. The highest BCUT2D eigenvalue weighted by Crippen LogP contribution is 2.28. The molecule has 0 fully saturated rings. The Morgan fingerprint density at radius 1 is 1.00 bits per heavy atom. The predicted molar refractivity (Wildman–Crippen MR) is 95.8 cm³/mol. The molecule has 1 unspecified atom stereocenters. The molecule has 2 aromatic rings. The Bertz CT molecular complexity index is 674. The van der Waals surface area contributed by atoms with Crippen molar-refractivity contribution < 1.29 is 9.59 Å². The third kappa shape index (κ3) is 5.45. The third-order valence-electron chi connectivity index (χ3n) is 3.14. The van der Waals surface area contributed by atoms with Gasteiger partial charge in [-0.05, 0) is 36.8 Å². The molecule has 0 aliphatic rings. The van der Waals surface area contributed by atoms with Gasteiger partial charge in [0.2, 0.25) is 11.8 Å². The fourth-order valence-electron chi connectivity index (χ4n) is 2.08. The molecule has 0 heterocycles. The van der Waals surface area contributed by atoms with Crippen molar-refractivity contribution in [2.75, 3.05) is 10.6 Å². The van der Waals surface area contributed by atoms with Crippen LogP contribution in [0.5, 0.6) is 0 Å². The number of rotatable bonds is 6. The number of anilines is 2. The number of hydrogen-bond acceptors (Lipinski definition) is 3. The van der Waals surface area contributed by atoms with Crippen LogP contribution < -0.4 is 10.6 Å². The third-order valence-corrected chi connectivity index (χ3v) is 4.50. The van der Waals surface area contributed by atoms with Crippen molar-refractivity contribution in [2.24, 2.45) is 0 Å². The van der Waals surface area contributed by atoms with Crippen molar-refractivity contribution in [2.45, 2.75) is 30.4 Å². The summed E-state index contributed by atoms with van der Waals surface area (Å²) >= 11 is 1.49. The van der Waals surface area contributed by atoms with E-state index < -0.39 is 0 Å². The van der Waals surface area contributed by atoms with E-state index in [1.165, 1.54) is 18.7 Å². The van der Waals surface area contributed by atoms with Crippen molar-refractivity contribution in [3.05, 3.63) is 54.6 Å². The van der Waals surface area contributed by atoms with Crippen molar-refractivity contribution in [3.8, 4) is 0 Å². The standard InChI is InChI=1S/C18H20N2O2S/c1-3-17(18(22)20-14-8-5-4-6-9-14)23-16-11-7-10-15(12-16)19-13(2)21/h4-12,17H,3H2,1-2H3,(H,19,21)(H,20,22). The fraction of sp³-hybridized carbons (Fsp3) is 0.222. The highest BCUT2D eigenvalue weighted by atomic mass is 32.2. The summed E-state index contributed by atoms with van der Waals surface area (Å²) in [5.74, 6) is -0.130. The van der Waals surface area contributed by atoms with E-state index in [0.29, 0.717) is 6.42 Å². The molecule has 0 radical (unpaired) electrons. The molecule has 2 amide bonds. The zero-order valence-electron chi connectivity index (χ0n) is 13.2. The van der Waals surface area contributed by atoms with Crippen LogP contribution in [0.25, 0.3) is 0 Å². The van der Waals surface area contributed by atoms with Crippen LogP contribution in [0.15, 0.2) is 59.5 Å². The number of hydrogen-bond donors (Lipinski definition) is 2. The van der Waals surface area contributed by atoms with Crippen LogP contribution in [0.4, 0.5) is 11.4 Å². The van der Waals surface area contributed by atoms with E-state index in [0.717, 1.165) is 16.3 Å². The van der Waals surface area contributed by atoms with Crippen molar-refractivity contribution >= 4 is 35.0 Å². The first kappa shape index (κ1) is 17.1. The molecule has 0 spiro atoms. The van der Waals surface area contributed by atoms with Gasteiger partial charge in [0, 0.05) is 23.2 Å². The van der Waals surface area contributed by atoms with Gasteiger partial charge in [0.05, 0.1) is 5.25 Å². The van der Waals surface area contributed by atoms with Gasteiger partial charge in [-0.15, -0.1) is 11.8 Å². The van der Waals surface area contributed by atoms with Gasteiger partial charge in [-0.1, -0.05) is 31.2 Å². The second-order valence-corrected chi connectivity index (χ2v) is 6.36. The maximum Gasteiger partial charge on any atom is 0.237 e. The Kier molecular flexibility index (Phi) is 6.23. The van der Waals surface area contributed by atoms with Crippen molar-refractivity contribution in [3.63, 3.8) is 0 Å².